The van der Waals surface area contributed by atoms with E-state index in [4.69, 9.17) is 4.74 Å². The lowest BCUT2D eigenvalue weighted by molar-refractivity contribution is 0.103. The van der Waals surface area contributed by atoms with E-state index in [2.05, 4.69) is 0 Å². The number of rotatable bonds is 5. The van der Waals surface area contributed by atoms with Crippen molar-refractivity contribution in [1.82, 2.24) is 0 Å². The third-order valence-electron chi connectivity index (χ3n) is 3.11. The van der Waals surface area contributed by atoms with Crippen LogP contribution in [0, 0.1) is 0 Å². The van der Waals surface area contributed by atoms with Gasteiger partial charge in [0.15, 0.2) is 5.78 Å². The Hall–Kier alpha value is -2.29. The van der Waals surface area contributed by atoms with E-state index in [0.29, 0.717) is 11.1 Å². The molecule has 21 heavy (non-hydrogen) atoms. The lowest BCUT2D eigenvalue weighted by Gasteiger charge is -2.13. The number of carbonyl (C=O) groups is 1. The highest BCUT2D eigenvalue weighted by Crippen LogP contribution is 2.19. The second-order valence-corrected chi connectivity index (χ2v) is 5.46. The molecule has 0 spiro atoms. The predicted molar refractivity (Wildman–Crippen MR) is 86.4 cm³/mol. The Morgan fingerprint density at radius 1 is 1.00 bits per heavy atom. The maximum atomic E-state index is 12.5. The molecule has 0 bridgehead atoms. The zero-order valence-electron chi connectivity index (χ0n) is 13.0. The van der Waals surface area contributed by atoms with Gasteiger partial charge in [-0.25, -0.2) is 0 Å². The van der Waals surface area contributed by atoms with E-state index in [1.165, 1.54) is 0 Å². The molecule has 3 nitrogen and oxygen atoms in total. The number of nitrogens with zero attached hydrogens (tertiary/aromatic N) is 1. The molecule has 0 aromatic heterocycles. The van der Waals surface area contributed by atoms with Gasteiger partial charge in [-0.2, -0.15) is 0 Å². The summed E-state index contributed by atoms with van der Waals surface area (Å²) in [5.74, 6) is 0.732. The van der Waals surface area contributed by atoms with Crippen molar-refractivity contribution in [2.75, 3.05) is 19.0 Å². The van der Waals surface area contributed by atoms with Crippen molar-refractivity contribution in [1.29, 1.82) is 0 Å². The number of carbonyl (C=O) groups excluding carboxylic acids is 1. The fraction of sp³-hybridized carbons (Fsp3) is 0.278. The number of hydrogen-bond acceptors (Lipinski definition) is 3. The van der Waals surface area contributed by atoms with Gasteiger partial charge < -0.3 is 9.64 Å². The zero-order chi connectivity index (χ0) is 15.4. The van der Waals surface area contributed by atoms with Gasteiger partial charge in [-0.1, -0.05) is 12.1 Å². The van der Waals surface area contributed by atoms with Crippen LogP contribution in [-0.4, -0.2) is 26.0 Å². The van der Waals surface area contributed by atoms with Gasteiger partial charge in [-0.15, -0.1) is 0 Å². The van der Waals surface area contributed by atoms with Crippen LogP contribution < -0.4 is 9.64 Å². The summed E-state index contributed by atoms with van der Waals surface area (Å²) in [6.45, 7) is 3.93. The molecule has 0 fully saturated rings. The summed E-state index contributed by atoms with van der Waals surface area (Å²) in [5.41, 5.74) is 2.40. The lowest BCUT2D eigenvalue weighted by Crippen LogP contribution is -2.09. The maximum absolute atomic E-state index is 12.5. The van der Waals surface area contributed by atoms with Crippen molar-refractivity contribution in [3.63, 3.8) is 0 Å². The van der Waals surface area contributed by atoms with E-state index >= 15 is 0 Å². The van der Waals surface area contributed by atoms with E-state index in [1.807, 2.05) is 75.3 Å². The van der Waals surface area contributed by atoms with E-state index in [0.717, 1.165) is 11.4 Å². The molecule has 2 rings (SSSR count). The number of benzene rings is 2. The van der Waals surface area contributed by atoms with Gasteiger partial charge in [-0.05, 0) is 50.2 Å². The SMILES string of the molecule is CC(C)Oc1cccc(C(=O)c2ccc(N(C)C)cc2)c1. The molecule has 0 aliphatic carbocycles. The molecule has 0 aliphatic heterocycles. The Balaban J connectivity index is 2.23. The van der Waals surface area contributed by atoms with Crippen LogP contribution in [0.2, 0.25) is 0 Å². The summed E-state index contributed by atoms with van der Waals surface area (Å²) in [4.78, 5) is 14.5. The van der Waals surface area contributed by atoms with Gasteiger partial charge in [0, 0.05) is 30.9 Å². The highest BCUT2D eigenvalue weighted by molar-refractivity contribution is 6.09. The molecular weight excluding hydrogens is 262 g/mol. The summed E-state index contributed by atoms with van der Waals surface area (Å²) in [6, 6.07) is 14.9. The van der Waals surface area contributed by atoms with Gasteiger partial charge in [-0.3, -0.25) is 4.79 Å². The van der Waals surface area contributed by atoms with Gasteiger partial charge in [0.2, 0.25) is 0 Å². The van der Waals surface area contributed by atoms with Crippen LogP contribution in [0.5, 0.6) is 5.75 Å². The molecule has 0 saturated carbocycles. The molecule has 0 aliphatic rings. The largest absolute Gasteiger partial charge is 0.491 e. The second kappa shape index (κ2) is 6.44. The number of ether oxygens (including phenoxy) is 1. The van der Waals surface area contributed by atoms with E-state index in [1.54, 1.807) is 6.07 Å². The maximum Gasteiger partial charge on any atom is 0.193 e. The smallest absolute Gasteiger partial charge is 0.193 e. The van der Waals surface area contributed by atoms with Gasteiger partial charge >= 0.3 is 0 Å². The Labute approximate surface area is 126 Å². The first kappa shape index (κ1) is 15.1. The molecule has 0 radical (unpaired) electrons. The molecule has 0 N–H and O–H groups in total. The minimum absolute atomic E-state index is 0.00881. The van der Waals surface area contributed by atoms with E-state index in [-0.39, 0.29) is 11.9 Å². The summed E-state index contributed by atoms with van der Waals surface area (Å²) >= 11 is 0. The van der Waals surface area contributed by atoms with Crippen LogP contribution in [0.25, 0.3) is 0 Å². The molecule has 0 atom stereocenters. The normalized spacial score (nSPS) is 10.5. The Morgan fingerprint density at radius 2 is 1.67 bits per heavy atom. The van der Waals surface area contributed by atoms with Gasteiger partial charge in [0.05, 0.1) is 6.10 Å². The standard InChI is InChI=1S/C18H21NO2/c1-13(2)21-17-7-5-6-15(12-17)18(20)14-8-10-16(11-9-14)19(3)4/h5-13H,1-4H3. The first-order chi connectivity index (χ1) is 9.97. The highest BCUT2D eigenvalue weighted by Gasteiger charge is 2.10. The predicted octanol–water partition coefficient (Wildman–Crippen LogP) is 3.77. The minimum Gasteiger partial charge on any atom is -0.491 e. The van der Waals surface area contributed by atoms with Crippen molar-refractivity contribution in [2.45, 2.75) is 20.0 Å². The molecule has 0 saturated heterocycles. The first-order valence-corrected chi connectivity index (χ1v) is 7.06. The quantitative estimate of drug-likeness (QED) is 0.782. The van der Waals surface area contributed by atoms with Crippen LogP contribution >= 0.6 is 0 Å². The van der Waals surface area contributed by atoms with E-state index in [9.17, 15) is 4.79 Å². The third-order valence-corrected chi connectivity index (χ3v) is 3.11. The molecule has 2 aromatic carbocycles. The Bertz CT molecular complexity index is 615. The van der Waals surface area contributed by atoms with E-state index < -0.39 is 0 Å². The summed E-state index contributed by atoms with van der Waals surface area (Å²) in [5, 5.41) is 0. The second-order valence-electron chi connectivity index (χ2n) is 5.46. The van der Waals surface area contributed by atoms with Crippen LogP contribution in [0.15, 0.2) is 48.5 Å². The lowest BCUT2D eigenvalue weighted by atomic mass is 10.0. The number of anilines is 1. The fourth-order valence-electron chi connectivity index (χ4n) is 2.06. The monoisotopic (exact) mass is 283 g/mol. The minimum atomic E-state index is 0.00881. The summed E-state index contributed by atoms with van der Waals surface area (Å²) in [7, 11) is 3.95. The third kappa shape index (κ3) is 3.85. The summed E-state index contributed by atoms with van der Waals surface area (Å²) < 4.78 is 5.63. The van der Waals surface area contributed by atoms with Crippen LogP contribution in [0.3, 0.4) is 0 Å². The fourth-order valence-corrected chi connectivity index (χ4v) is 2.06. The molecule has 3 heteroatoms. The molecular formula is C18H21NO2. The van der Waals surface area contributed by atoms with Crippen molar-refractivity contribution >= 4 is 11.5 Å². The van der Waals surface area contributed by atoms with Crippen molar-refractivity contribution in [2.24, 2.45) is 0 Å². The van der Waals surface area contributed by atoms with Crippen molar-refractivity contribution in [3.8, 4) is 5.75 Å². The highest BCUT2D eigenvalue weighted by atomic mass is 16.5. The molecule has 2 aromatic rings. The number of ketones is 1. The average Bonchev–Trinajstić information content (AvgIpc) is 2.46. The molecule has 110 valence electrons. The number of hydrogen-bond donors (Lipinski definition) is 0. The van der Waals surface area contributed by atoms with Crippen molar-refractivity contribution < 1.29 is 9.53 Å². The molecule has 0 amide bonds. The molecule has 0 heterocycles. The van der Waals surface area contributed by atoms with Crippen LogP contribution in [0.1, 0.15) is 29.8 Å². The van der Waals surface area contributed by atoms with Gasteiger partial charge in [0.25, 0.3) is 0 Å². The van der Waals surface area contributed by atoms with Crippen LogP contribution in [-0.2, 0) is 0 Å². The Kier molecular flexibility index (Phi) is 4.63. The Morgan fingerprint density at radius 3 is 2.24 bits per heavy atom. The van der Waals surface area contributed by atoms with Gasteiger partial charge in [0.1, 0.15) is 5.75 Å². The zero-order valence-corrected chi connectivity index (χ0v) is 13.0. The average molecular weight is 283 g/mol. The van der Waals surface area contributed by atoms with Crippen LogP contribution in [0.4, 0.5) is 5.69 Å². The topological polar surface area (TPSA) is 29.5 Å². The first-order valence-electron chi connectivity index (χ1n) is 7.06. The molecule has 0 unspecified atom stereocenters. The summed E-state index contributed by atoms with van der Waals surface area (Å²) in [6.07, 6.45) is 0.0923. The van der Waals surface area contributed by atoms with Crippen molar-refractivity contribution in [3.05, 3.63) is 59.7 Å².